The van der Waals surface area contributed by atoms with Crippen LogP contribution in [0.3, 0.4) is 0 Å². The number of carbonyl (C=O) groups excluding carboxylic acids is 1. The first-order chi connectivity index (χ1) is 9.33. The lowest BCUT2D eigenvalue weighted by atomic mass is 9.90. The third kappa shape index (κ3) is 3.92. The monoisotopic (exact) mass is 357 g/mol. The molecular weight excluding hydrogens is 344 g/mol. The second-order valence-corrected chi connectivity index (χ2v) is 5.92. The molecule has 7 heteroatoms. The lowest BCUT2D eigenvalue weighted by Crippen LogP contribution is -2.33. The molecule has 0 heterocycles. The third-order valence-corrected chi connectivity index (χ3v) is 4.68. The molecule has 0 radical (unpaired) electrons. The highest BCUT2D eigenvalue weighted by Gasteiger charge is 2.25. The Kier molecular flexibility index (Phi) is 6.89. The van der Waals surface area contributed by atoms with Crippen LogP contribution in [-0.4, -0.2) is 19.1 Å². The minimum atomic E-state index is -0.744. The Hall–Kier alpha value is -0.190. The summed E-state index contributed by atoms with van der Waals surface area (Å²) in [5.74, 6) is -0.588. The summed E-state index contributed by atoms with van der Waals surface area (Å²) in [5, 5.41) is 1.25. The summed E-state index contributed by atoms with van der Waals surface area (Å²) in [6, 6.07) is 0.797. The van der Waals surface area contributed by atoms with Crippen LogP contribution in [0.2, 0.25) is 20.1 Å². The van der Waals surface area contributed by atoms with Crippen molar-refractivity contribution in [2.75, 3.05) is 7.11 Å². The zero-order valence-corrected chi connectivity index (χ0v) is 14.1. The first kappa shape index (κ1) is 17.9. The van der Waals surface area contributed by atoms with E-state index < -0.39 is 12.0 Å². The van der Waals surface area contributed by atoms with E-state index in [4.69, 9.17) is 52.1 Å². The number of hydrogen-bond acceptors (Lipinski definition) is 3. The molecule has 0 aliphatic carbocycles. The van der Waals surface area contributed by atoms with Gasteiger partial charge in [0, 0.05) is 5.02 Å². The molecule has 2 atom stereocenters. The number of methoxy groups -OCH3 is 1. The van der Waals surface area contributed by atoms with Crippen molar-refractivity contribution in [1.29, 1.82) is 0 Å². The lowest BCUT2D eigenvalue weighted by Gasteiger charge is -2.22. The molecule has 0 spiro atoms. The van der Waals surface area contributed by atoms with E-state index in [9.17, 15) is 4.79 Å². The van der Waals surface area contributed by atoms with Crippen LogP contribution in [-0.2, 0) is 9.53 Å². The molecule has 2 N–H and O–H groups in total. The number of rotatable bonds is 5. The molecule has 0 aromatic heterocycles. The first-order valence-corrected chi connectivity index (χ1v) is 7.50. The second-order valence-electron chi connectivity index (χ2n) is 4.35. The van der Waals surface area contributed by atoms with E-state index in [1.807, 2.05) is 6.92 Å². The van der Waals surface area contributed by atoms with Crippen LogP contribution in [0, 0.1) is 0 Å². The van der Waals surface area contributed by atoms with Gasteiger partial charge in [0.2, 0.25) is 0 Å². The Balaban J connectivity index is 3.13. The number of esters is 1. The Labute approximate surface area is 138 Å². The van der Waals surface area contributed by atoms with Gasteiger partial charge in [-0.3, -0.25) is 4.79 Å². The quantitative estimate of drug-likeness (QED) is 0.472. The van der Waals surface area contributed by atoms with E-state index in [0.717, 1.165) is 0 Å². The van der Waals surface area contributed by atoms with Crippen molar-refractivity contribution in [1.82, 2.24) is 0 Å². The minimum absolute atomic E-state index is 0.112. The Morgan fingerprint density at radius 3 is 2.35 bits per heavy atom. The summed E-state index contributed by atoms with van der Waals surface area (Å²) in [7, 11) is 1.29. The number of nitrogens with two attached hydrogens (primary N) is 1. The van der Waals surface area contributed by atoms with Gasteiger partial charge in [-0.05, 0) is 30.4 Å². The zero-order valence-electron chi connectivity index (χ0n) is 11.1. The van der Waals surface area contributed by atoms with Crippen LogP contribution in [0.1, 0.15) is 31.2 Å². The van der Waals surface area contributed by atoms with Crippen LogP contribution in [0.15, 0.2) is 6.07 Å². The lowest BCUT2D eigenvalue weighted by molar-refractivity contribution is -0.142. The fraction of sp³-hybridized carbons (Fsp3) is 0.462. The van der Waals surface area contributed by atoms with E-state index in [2.05, 4.69) is 4.74 Å². The van der Waals surface area contributed by atoms with E-state index in [-0.39, 0.29) is 16.0 Å². The number of halogens is 4. The molecule has 112 valence electrons. The normalized spacial score (nSPS) is 13.9. The van der Waals surface area contributed by atoms with Crippen LogP contribution in [0.4, 0.5) is 0 Å². The van der Waals surface area contributed by atoms with Crippen molar-refractivity contribution in [2.24, 2.45) is 5.73 Å². The summed E-state index contributed by atoms with van der Waals surface area (Å²) in [5.41, 5.74) is 6.45. The fourth-order valence-electron chi connectivity index (χ4n) is 2.00. The minimum Gasteiger partial charge on any atom is -0.468 e. The highest BCUT2D eigenvalue weighted by molar-refractivity contribution is 6.49. The number of hydrogen-bond donors (Lipinski definition) is 1. The molecule has 0 saturated carbocycles. The van der Waals surface area contributed by atoms with E-state index in [1.165, 1.54) is 7.11 Å². The number of benzene rings is 1. The third-order valence-electron chi connectivity index (χ3n) is 3.09. The molecule has 0 aliphatic heterocycles. The van der Waals surface area contributed by atoms with Crippen molar-refractivity contribution >= 4 is 52.4 Å². The maximum Gasteiger partial charge on any atom is 0.322 e. The predicted octanol–water partition coefficient (Wildman–Crippen LogP) is 4.68. The molecule has 0 amide bonds. The van der Waals surface area contributed by atoms with Crippen molar-refractivity contribution in [2.45, 2.75) is 31.7 Å². The van der Waals surface area contributed by atoms with Gasteiger partial charge in [-0.1, -0.05) is 53.3 Å². The average molecular weight is 359 g/mol. The second kappa shape index (κ2) is 7.71. The van der Waals surface area contributed by atoms with E-state index >= 15 is 0 Å². The van der Waals surface area contributed by atoms with Crippen LogP contribution < -0.4 is 5.73 Å². The summed E-state index contributed by atoms with van der Waals surface area (Å²) in [6.07, 6.45) is 1.06. The van der Waals surface area contributed by atoms with Gasteiger partial charge in [-0.25, -0.2) is 0 Å². The fourth-order valence-corrected chi connectivity index (χ4v) is 3.23. The smallest absolute Gasteiger partial charge is 0.322 e. The molecule has 0 aliphatic rings. The van der Waals surface area contributed by atoms with Gasteiger partial charge in [-0.2, -0.15) is 0 Å². The summed E-state index contributed by atoms with van der Waals surface area (Å²) < 4.78 is 4.62. The standard InChI is InChI=1S/C13H15Cl4NO2/c1-3-6(4-9(18)13(19)20-2)10-7(14)5-8(15)11(16)12(10)17/h5-6,9H,3-4,18H2,1-2H3. The van der Waals surface area contributed by atoms with Crippen molar-refractivity contribution in [3.8, 4) is 0 Å². The summed E-state index contributed by atoms with van der Waals surface area (Å²) in [6.45, 7) is 1.95. The van der Waals surface area contributed by atoms with Crippen LogP contribution in [0.25, 0.3) is 0 Å². The molecule has 1 aromatic carbocycles. The molecule has 0 fully saturated rings. The molecule has 1 rings (SSSR count). The number of ether oxygens (including phenoxy) is 1. The highest BCUT2D eigenvalue weighted by atomic mass is 35.5. The van der Waals surface area contributed by atoms with Gasteiger partial charge in [0.05, 0.1) is 22.2 Å². The van der Waals surface area contributed by atoms with Gasteiger partial charge < -0.3 is 10.5 Å². The SMILES string of the molecule is CCC(CC(N)C(=O)OC)c1c(Cl)cc(Cl)c(Cl)c1Cl. The molecule has 1 aromatic rings. The van der Waals surface area contributed by atoms with E-state index in [0.29, 0.717) is 28.5 Å². The van der Waals surface area contributed by atoms with Crippen molar-refractivity contribution in [3.05, 3.63) is 31.7 Å². The zero-order chi connectivity index (χ0) is 15.4. The Morgan fingerprint density at radius 2 is 1.85 bits per heavy atom. The Bertz CT molecular complexity index is 508. The van der Waals surface area contributed by atoms with Gasteiger partial charge in [0.15, 0.2) is 0 Å². The number of carbonyl (C=O) groups is 1. The van der Waals surface area contributed by atoms with Crippen LogP contribution in [0.5, 0.6) is 0 Å². The summed E-state index contributed by atoms with van der Waals surface area (Å²) in [4.78, 5) is 11.4. The molecule has 2 unspecified atom stereocenters. The maximum atomic E-state index is 11.4. The Morgan fingerprint density at radius 1 is 1.25 bits per heavy atom. The summed E-state index contributed by atoms with van der Waals surface area (Å²) >= 11 is 24.4. The molecule has 20 heavy (non-hydrogen) atoms. The molecular formula is C13H15Cl4NO2. The van der Waals surface area contributed by atoms with Gasteiger partial charge in [0.25, 0.3) is 0 Å². The average Bonchev–Trinajstić information content (AvgIpc) is 2.42. The molecule has 3 nitrogen and oxygen atoms in total. The first-order valence-electron chi connectivity index (χ1n) is 5.99. The van der Waals surface area contributed by atoms with Gasteiger partial charge in [0.1, 0.15) is 6.04 Å². The van der Waals surface area contributed by atoms with Crippen LogP contribution >= 0.6 is 46.4 Å². The highest BCUT2D eigenvalue weighted by Crippen LogP contribution is 2.43. The topological polar surface area (TPSA) is 52.3 Å². The predicted molar refractivity (Wildman–Crippen MR) is 84.1 cm³/mol. The van der Waals surface area contributed by atoms with E-state index in [1.54, 1.807) is 6.07 Å². The molecule has 0 saturated heterocycles. The maximum absolute atomic E-state index is 11.4. The largest absolute Gasteiger partial charge is 0.468 e. The van der Waals surface area contributed by atoms with Crippen molar-refractivity contribution in [3.63, 3.8) is 0 Å². The van der Waals surface area contributed by atoms with Crippen molar-refractivity contribution < 1.29 is 9.53 Å². The molecule has 0 bridgehead atoms. The van der Waals surface area contributed by atoms with Gasteiger partial charge >= 0.3 is 5.97 Å². The van der Waals surface area contributed by atoms with Gasteiger partial charge in [-0.15, -0.1) is 0 Å².